The highest BCUT2D eigenvalue weighted by Gasteiger charge is 2.22. The van der Waals surface area contributed by atoms with Gasteiger partial charge < -0.3 is 14.9 Å². The van der Waals surface area contributed by atoms with Gasteiger partial charge in [0, 0.05) is 19.6 Å². The van der Waals surface area contributed by atoms with Crippen LogP contribution in [0.5, 0.6) is 5.75 Å². The van der Waals surface area contributed by atoms with Crippen LogP contribution < -0.4 is 0 Å². The number of phenolic OH excluding ortho intramolecular Hbond substituents is 1. The lowest BCUT2D eigenvalue weighted by Crippen LogP contribution is -2.42. The molecule has 0 amide bonds. The molecule has 1 aliphatic heterocycles. The molecule has 1 saturated heterocycles. The highest BCUT2D eigenvalue weighted by atomic mass is 16.5. The number of aliphatic carboxylic acids is 1. The van der Waals surface area contributed by atoms with Crippen LogP contribution in [-0.4, -0.2) is 46.9 Å². The first kappa shape index (κ1) is 14.8. The summed E-state index contributed by atoms with van der Waals surface area (Å²) >= 11 is 0. The first-order chi connectivity index (χ1) is 9.45. The second-order valence-corrected chi connectivity index (χ2v) is 5.40. The predicted octanol–water partition coefficient (Wildman–Crippen LogP) is 1.68. The van der Waals surface area contributed by atoms with Gasteiger partial charge in [-0.05, 0) is 30.5 Å². The van der Waals surface area contributed by atoms with Crippen LogP contribution in [0.1, 0.15) is 23.1 Å². The molecule has 20 heavy (non-hydrogen) atoms. The van der Waals surface area contributed by atoms with Gasteiger partial charge in [-0.1, -0.05) is 12.1 Å². The molecule has 1 aromatic carbocycles. The van der Waals surface area contributed by atoms with E-state index in [-0.39, 0.29) is 12.5 Å². The number of carboxylic acids is 1. The van der Waals surface area contributed by atoms with Crippen molar-refractivity contribution in [3.63, 3.8) is 0 Å². The summed E-state index contributed by atoms with van der Waals surface area (Å²) in [6.45, 7) is 6.52. The van der Waals surface area contributed by atoms with Gasteiger partial charge in [-0.3, -0.25) is 9.69 Å². The lowest BCUT2D eigenvalue weighted by molar-refractivity contribution is -0.142. The van der Waals surface area contributed by atoms with Crippen LogP contribution in [0.2, 0.25) is 0 Å². The fraction of sp³-hybridized carbons (Fsp3) is 0.533. The second kappa shape index (κ2) is 6.24. The van der Waals surface area contributed by atoms with Crippen molar-refractivity contribution in [2.75, 3.05) is 19.7 Å². The summed E-state index contributed by atoms with van der Waals surface area (Å²) < 4.78 is 5.46. The number of morpholine rings is 1. The van der Waals surface area contributed by atoms with E-state index in [1.807, 2.05) is 26.0 Å². The van der Waals surface area contributed by atoms with Crippen molar-refractivity contribution in [1.29, 1.82) is 0 Å². The molecule has 2 rings (SSSR count). The smallest absolute Gasteiger partial charge is 0.306 e. The van der Waals surface area contributed by atoms with Crippen molar-refractivity contribution in [3.05, 3.63) is 28.8 Å². The molecular formula is C15H21NO4. The van der Waals surface area contributed by atoms with E-state index in [4.69, 9.17) is 9.84 Å². The third kappa shape index (κ3) is 3.71. The van der Waals surface area contributed by atoms with E-state index >= 15 is 0 Å². The van der Waals surface area contributed by atoms with Crippen molar-refractivity contribution < 1.29 is 19.7 Å². The van der Waals surface area contributed by atoms with E-state index in [0.29, 0.717) is 18.9 Å². The van der Waals surface area contributed by atoms with Crippen LogP contribution in [0, 0.1) is 13.8 Å². The number of phenols is 1. The number of aryl methyl sites for hydroxylation is 2. The SMILES string of the molecule is Cc1cc(CN2CCOC(CC(=O)O)C2)cc(C)c1O. The fourth-order valence-corrected chi connectivity index (χ4v) is 2.64. The van der Waals surface area contributed by atoms with Gasteiger partial charge in [0.05, 0.1) is 19.1 Å². The predicted molar refractivity (Wildman–Crippen MR) is 74.9 cm³/mol. The lowest BCUT2D eigenvalue weighted by Gasteiger charge is -2.32. The molecule has 1 aromatic rings. The molecule has 5 heteroatoms. The van der Waals surface area contributed by atoms with Crippen molar-refractivity contribution in [2.45, 2.75) is 32.9 Å². The Bertz CT molecular complexity index is 478. The third-order valence-electron chi connectivity index (χ3n) is 3.58. The monoisotopic (exact) mass is 279 g/mol. The Morgan fingerprint density at radius 2 is 2.05 bits per heavy atom. The summed E-state index contributed by atoms with van der Waals surface area (Å²) in [5.41, 5.74) is 2.87. The number of ether oxygens (including phenoxy) is 1. The summed E-state index contributed by atoms with van der Waals surface area (Å²) in [5.74, 6) is -0.479. The summed E-state index contributed by atoms with van der Waals surface area (Å²) in [7, 11) is 0. The molecule has 0 saturated carbocycles. The molecule has 110 valence electrons. The van der Waals surface area contributed by atoms with Gasteiger partial charge in [-0.2, -0.15) is 0 Å². The topological polar surface area (TPSA) is 70.0 Å². The zero-order valence-corrected chi connectivity index (χ0v) is 11.9. The van der Waals surface area contributed by atoms with E-state index in [1.54, 1.807) is 0 Å². The summed E-state index contributed by atoms with van der Waals surface area (Å²) in [6.07, 6.45) is -0.190. The molecule has 1 atom stereocenters. The molecule has 0 aliphatic carbocycles. The molecule has 1 fully saturated rings. The Kier molecular flexibility index (Phi) is 4.62. The zero-order chi connectivity index (χ0) is 14.7. The Morgan fingerprint density at radius 3 is 2.65 bits per heavy atom. The quantitative estimate of drug-likeness (QED) is 0.877. The molecule has 1 aliphatic rings. The minimum atomic E-state index is -0.826. The average molecular weight is 279 g/mol. The Morgan fingerprint density at radius 1 is 1.40 bits per heavy atom. The van der Waals surface area contributed by atoms with Crippen LogP contribution in [-0.2, 0) is 16.1 Å². The van der Waals surface area contributed by atoms with Crippen LogP contribution in [0.4, 0.5) is 0 Å². The number of hydrogen-bond acceptors (Lipinski definition) is 4. The van der Waals surface area contributed by atoms with E-state index in [0.717, 1.165) is 29.8 Å². The number of carbonyl (C=O) groups is 1. The number of benzene rings is 1. The minimum Gasteiger partial charge on any atom is -0.507 e. The molecular weight excluding hydrogens is 258 g/mol. The van der Waals surface area contributed by atoms with Gasteiger partial charge in [0.15, 0.2) is 0 Å². The summed E-state index contributed by atoms with van der Waals surface area (Å²) in [5, 5.41) is 18.6. The maximum Gasteiger partial charge on any atom is 0.306 e. The first-order valence-electron chi connectivity index (χ1n) is 6.80. The van der Waals surface area contributed by atoms with Crippen molar-refractivity contribution in [3.8, 4) is 5.75 Å². The number of nitrogens with zero attached hydrogens (tertiary/aromatic N) is 1. The largest absolute Gasteiger partial charge is 0.507 e. The van der Waals surface area contributed by atoms with Crippen molar-refractivity contribution in [2.24, 2.45) is 0 Å². The number of hydrogen-bond donors (Lipinski definition) is 2. The molecule has 0 spiro atoms. The lowest BCUT2D eigenvalue weighted by atomic mass is 10.0. The average Bonchev–Trinajstić information content (AvgIpc) is 2.35. The highest BCUT2D eigenvalue weighted by Crippen LogP contribution is 2.24. The third-order valence-corrected chi connectivity index (χ3v) is 3.58. The number of rotatable bonds is 4. The zero-order valence-electron chi connectivity index (χ0n) is 11.9. The molecule has 1 heterocycles. The number of carboxylic acid groups (broad SMARTS) is 1. The summed E-state index contributed by atoms with van der Waals surface area (Å²) in [6, 6.07) is 3.95. The van der Waals surface area contributed by atoms with Gasteiger partial charge in [-0.25, -0.2) is 0 Å². The fourth-order valence-electron chi connectivity index (χ4n) is 2.64. The van der Waals surface area contributed by atoms with E-state index < -0.39 is 5.97 Å². The van der Waals surface area contributed by atoms with Gasteiger partial charge >= 0.3 is 5.97 Å². The Balaban J connectivity index is 2.01. The van der Waals surface area contributed by atoms with E-state index in [9.17, 15) is 9.90 Å². The van der Waals surface area contributed by atoms with E-state index in [2.05, 4.69) is 4.90 Å². The standard InChI is InChI=1S/C15H21NO4/c1-10-5-12(6-11(2)15(10)19)8-16-3-4-20-13(9-16)7-14(17)18/h5-6,13,19H,3-4,7-9H2,1-2H3,(H,17,18). The normalized spacial score (nSPS) is 20.0. The van der Waals surface area contributed by atoms with Gasteiger partial charge in [-0.15, -0.1) is 0 Å². The van der Waals surface area contributed by atoms with Gasteiger partial charge in [0.1, 0.15) is 5.75 Å². The molecule has 0 radical (unpaired) electrons. The second-order valence-electron chi connectivity index (χ2n) is 5.40. The van der Waals surface area contributed by atoms with Crippen LogP contribution in [0.25, 0.3) is 0 Å². The molecule has 0 aromatic heterocycles. The molecule has 0 bridgehead atoms. The van der Waals surface area contributed by atoms with Gasteiger partial charge in [0.25, 0.3) is 0 Å². The Hall–Kier alpha value is -1.59. The van der Waals surface area contributed by atoms with Crippen LogP contribution in [0.3, 0.4) is 0 Å². The maximum absolute atomic E-state index is 10.7. The van der Waals surface area contributed by atoms with Gasteiger partial charge in [0.2, 0.25) is 0 Å². The van der Waals surface area contributed by atoms with Crippen molar-refractivity contribution in [1.82, 2.24) is 4.90 Å². The molecule has 1 unspecified atom stereocenters. The summed E-state index contributed by atoms with van der Waals surface area (Å²) in [4.78, 5) is 12.9. The Labute approximate surface area is 118 Å². The number of aromatic hydroxyl groups is 1. The molecule has 5 nitrogen and oxygen atoms in total. The first-order valence-corrected chi connectivity index (χ1v) is 6.80. The maximum atomic E-state index is 10.7. The van der Waals surface area contributed by atoms with Crippen molar-refractivity contribution >= 4 is 5.97 Å². The minimum absolute atomic E-state index is 0.0458. The van der Waals surface area contributed by atoms with E-state index in [1.165, 1.54) is 0 Å². The van der Waals surface area contributed by atoms with Crippen LogP contribution >= 0.6 is 0 Å². The molecule has 2 N–H and O–H groups in total. The van der Waals surface area contributed by atoms with Crippen LogP contribution in [0.15, 0.2) is 12.1 Å². The highest BCUT2D eigenvalue weighted by molar-refractivity contribution is 5.67.